The fourth-order valence-corrected chi connectivity index (χ4v) is 4.24. The predicted octanol–water partition coefficient (Wildman–Crippen LogP) is 2.03. The van der Waals surface area contributed by atoms with Crippen LogP contribution in [0.1, 0.15) is 22.4 Å². The molecule has 20 heavy (non-hydrogen) atoms. The Balaban J connectivity index is 1.74. The first-order valence-corrected chi connectivity index (χ1v) is 8.55. The van der Waals surface area contributed by atoms with Crippen molar-refractivity contribution in [3.05, 3.63) is 34.0 Å². The Morgan fingerprint density at radius 3 is 3.20 bits per heavy atom. The third-order valence-corrected chi connectivity index (χ3v) is 5.18. The van der Waals surface area contributed by atoms with E-state index in [-0.39, 0.29) is 11.9 Å². The number of hydrogen-bond donors (Lipinski definition) is 1. The van der Waals surface area contributed by atoms with Crippen LogP contribution in [0.4, 0.5) is 0 Å². The summed E-state index contributed by atoms with van der Waals surface area (Å²) in [6.45, 7) is 2.73. The molecule has 5 nitrogen and oxygen atoms in total. The molecule has 0 radical (unpaired) electrons. The third kappa shape index (κ3) is 2.88. The highest BCUT2D eigenvalue weighted by atomic mass is 32.2. The van der Waals surface area contributed by atoms with Gasteiger partial charge in [-0.2, -0.15) is 16.9 Å². The Hall–Kier alpha value is -1.34. The summed E-state index contributed by atoms with van der Waals surface area (Å²) in [5.41, 5.74) is 1.79. The van der Waals surface area contributed by atoms with E-state index in [4.69, 9.17) is 0 Å². The quantitative estimate of drug-likeness (QED) is 0.942. The van der Waals surface area contributed by atoms with E-state index in [9.17, 15) is 4.79 Å². The molecule has 1 amide bonds. The van der Waals surface area contributed by atoms with Crippen molar-refractivity contribution in [1.29, 1.82) is 0 Å². The number of aryl methyl sites for hydroxylation is 1. The fourth-order valence-electron chi connectivity index (χ4n) is 2.33. The van der Waals surface area contributed by atoms with Crippen molar-refractivity contribution < 1.29 is 4.79 Å². The van der Waals surface area contributed by atoms with Crippen molar-refractivity contribution in [2.45, 2.75) is 19.4 Å². The monoisotopic (exact) mass is 308 g/mol. The van der Waals surface area contributed by atoms with Crippen LogP contribution in [-0.2, 0) is 11.2 Å². The maximum absolute atomic E-state index is 12.5. The number of thiazole rings is 1. The van der Waals surface area contributed by atoms with Crippen LogP contribution in [0, 0.1) is 6.92 Å². The molecule has 0 bridgehead atoms. The maximum atomic E-state index is 12.5. The summed E-state index contributed by atoms with van der Waals surface area (Å²) in [7, 11) is 0. The fraction of sp³-hybridized carbons (Fsp3) is 0.462. The van der Waals surface area contributed by atoms with Gasteiger partial charge in [-0.15, -0.1) is 11.3 Å². The Labute approximate surface area is 125 Å². The molecule has 0 aliphatic carbocycles. The van der Waals surface area contributed by atoms with Gasteiger partial charge in [-0.3, -0.25) is 9.89 Å². The zero-order valence-electron chi connectivity index (χ0n) is 11.2. The average molecular weight is 308 g/mol. The second kappa shape index (κ2) is 5.97. The number of rotatable bonds is 3. The van der Waals surface area contributed by atoms with Gasteiger partial charge in [0.25, 0.3) is 0 Å². The SMILES string of the molecule is Cc1cc(CC(=O)N2CCSCC2c2nccs2)n[nH]1. The number of nitrogens with one attached hydrogen (secondary N) is 1. The molecule has 1 aliphatic heterocycles. The van der Waals surface area contributed by atoms with Crippen molar-refractivity contribution in [3.63, 3.8) is 0 Å². The summed E-state index contributed by atoms with van der Waals surface area (Å²) in [5.74, 6) is 2.06. The van der Waals surface area contributed by atoms with Gasteiger partial charge in [-0.05, 0) is 13.0 Å². The number of H-pyrrole nitrogens is 1. The minimum absolute atomic E-state index is 0.112. The normalized spacial score (nSPS) is 19.2. The van der Waals surface area contributed by atoms with Gasteiger partial charge in [-0.1, -0.05) is 0 Å². The van der Waals surface area contributed by atoms with Crippen LogP contribution < -0.4 is 0 Å². The van der Waals surface area contributed by atoms with Gasteiger partial charge in [0.2, 0.25) is 5.91 Å². The lowest BCUT2D eigenvalue weighted by molar-refractivity contribution is -0.132. The van der Waals surface area contributed by atoms with Gasteiger partial charge < -0.3 is 4.90 Å². The maximum Gasteiger partial charge on any atom is 0.229 e. The number of thioether (sulfide) groups is 1. The molecule has 0 aromatic carbocycles. The zero-order chi connectivity index (χ0) is 13.9. The molecule has 1 aliphatic rings. The zero-order valence-corrected chi connectivity index (χ0v) is 12.8. The van der Waals surface area contributed by atoms with Crippen molar-refractivity contribution in [3.8, 4) is 0 Å². The smallest absolute Gasteiger partial charge is 0.229 e. The van der Waals surface area contributed by atoms with Crippen LogP contribution in [0.25, 0.3) is 0 Å². The molecule has 2 aromatic heterocycles. The number of aromatic nitrogens is 3. The van der Waals surface area contributed by atoms with Crippen molar-refractivity contribution in [1.82, 2.24) is 20.1 Å². The van der Waals surface area contributed by atoms with Gasteiger partial charge in [0, 0.05) is 35.3 Å². The topological polar surface area (TPSA) is 61.9 Å². The molecule has 3 rings (SSSR count). The number of amides is 1. The summed E-state index contributed by atoms with van der Waals surface area (Å²) >= 11 is 3.50. The Kier molecular flexibility index (Phi) is 4.07. The molecule has 2 aromatic rings. The molecular formula is C13H16N4OS2. The molecule has 1 unspecified atom stereocenters. The lowest BCUT2D eigenvalue weighted by atomic mass is 10.2. The minimum atomic E-state index is 0.112. The summed E-state index contributed by atoms with van der Waals surface area (Å²) in [4.78, 5) is 18.9. The molecule has 0 saturated carbocycles. The molecule has 1 fully saturated rings. The lowest BCUT2D eigenvalue weighted by Gasteiger charge is -2.34. The summed E-state index contributed by atoms with van der Waals surface area (Å²) < 4.78 is 0. The largest absolute Gasteiger partial charge is 0.331 e. The van der Waals surface area contributed by atoms with Crippen LogP contribution in [-0.4, -0.2) is 44.0 Å². The van der Waals surface area contributed by atoms with Crippen molar-refractivity contribution in [2.75, 3.05) is 18.1 Å². The van der Waals surface area contributed by atoms with E-state index < -0.39 is 0 Å². The van der Waals surface area contributed by atoms with Gasteiger partial charge in [0.05, 0.1) is 18.2 Å². The van der Waals surface area contributed by atoms with Crippen molar-refractivity contribution >= 4 is 29.0 Å². The molecule has 0 spiro atoms. The average Bonchev–Trinajstić information content (AvgIpc) is 3.10. The molecule has 1 N–H and O–H groups in total. The minimum Gasteiger partial charge on any atom is -0.331 e. The molecule has 3 heterocycles. The van der Waals surface area contributed by atoms with E-state index in [1.165, 1.54) is 0 Å². The first-order chi connectivity index (χ1) is 9.74. The van der Waals surface area contributed by atoms with Crippen molar-refractivity contribution in [2.24, 2.45) is 0 Å². The Morgan fingerprint density at radius 1 is 1.60 bits per heavy atom. The Bertz CT molecular complexity index is 581. The highest BCUT2D eigenvalue weighted by molar-refractivity contribution is 7.99. The lowest BCUT2D eigenvalue weighted by Crippen LogP contribution is -2.41. The van der Waals surface area contributed by atoms with E-state index in [1.54, 1.807) is 17.5 Å². The number of carbonyl (C=O) groups is 1. The van der Waals surface area contributed by atoms with E-state index >= 15 is 0 Å². The highest BCUT2D eigenvalue weighted by Gasteiger charge is 2.30. The van der Waals surface area contributed by atoms with Crippen LogP contribution in [0.2, 0.25) is 0 Å². The predicted molar refractivity (Wildman–Crippen MR) is 80.9 cm³/mol. The molecular weight excluding hydrogens is 292 g/mol. The van der Waals surface area contributed by atoms with E-state index in [2.05, 4.69) is 15.2 Å². The van der Waals surface area contributed by atoms with Crippen LogP contribution in [0.5, 0.6) is 0 Å². The second-order valence-electron chi connectivity index (χ2n) is 4.77. The molecule has 7 heteroatoms. The van der Waals surface area contributed by atoms with Gasteiger partial charge in [-0.25, -0.2) is 4.98 Å². The summed E-state index contributed by atoms with van der Waals surface area (Å²) in [6, 6.07) is 2.04. The molecule has 1 atom stereocenters. The number of hydrogen-bond acceptors (Lipinski definition) is 5. The third-order valence-electron chi connectivity index (χ3n) is 3.28. The standard InChI is InChI=1S/C13H16N4OS2/c1-9-6-10(16-15-9)7-12(18)17-3-5-19-8-11(17)13-14-2-4-20-13/h2,4,6,11H,3,5,7-8H2,1H3,(H,15,16). The second-order valence-corrected chi connectivity index (χ2v) is 6.84. The molecule has 1 saturated heterocycles. The van der Waals surface area contributed by atoms with Crippen LogP contribution in [0.3, 0.4) is 0 Å². The van der Waals surface area contributed by atoms with E-state index in [1.807, 2.05) is 35.0 Å². The summed E-state index contributed by atoms with van der Waals surface area (Å²) in [6.07, 6.45) is 2.16. The van der Waals surface area contributed by atoms with E-state index in [0.29, 0.717) is 6.42 Å². The van der Waals surface area contributed by atoms with E-state index in [0.717, 1.165) is 34.4 Å². The molecule has 106 valence electrons. The Morgan fingerprint density at radius 2 is 2.50 bits per heavy atom. The number of carbonyl (C=O) groups excluding carboxylic acids is 1. The van der Waals surface area contributed by atoms with Crippen LogP contribution in [0.15, 0.2) is 17.6 Å². The van der Waals surface area contributed by atoms with Crippen LogP contribution >= 0.6 is 23.1 Å². The van der Waals surface area contributed by atoms with Gasteiger partial charge in [0.1, 0.15) is 5.01 Å². The number of aromatic amines is 1. The number of nitrogens with zero attached hydrogens (tertiary/aromatic N) is 3. The summed E-state index contributed by atoms with van der Waals surface area (Å²) in [5, 5.41) is 10.0. The van der Waals surface area contributed by atoms with Gasteiger partial charge >= 0.3 is 0 Å². The van der Waals surface area contributed by atoms with Gasteiger partial charge in [0.15, 0.2) is 0 Å². The first kappa shape index (κ1) is 13.6. The highest BCUT2D eigenvalue weighted by Crippen LogP contribution is 2.31. The first-order valence-electron chi connectivity index (χ1n) is 6.51.